The molecule has 4 heteroatoms. The van der Waals surface area contributed by atoms with Crippen LogP contribution in [0.5, 0.6) is 0 Å². The van der Waals surface area contributed by atoms with E-state index in [1.54, 1.807) is 6.07 Å². The van der Waals surface area contributed by atoms with Gasteiger partial charge in [-0.2, -0.15) is 0 Å². The Morgan fingerprint density at radius 2 is 2.26 bits per heavy atom. The van der Waals surface area contributed by atoms with Crippen LogP contribution in [0.2, 0.25) is 0 Å². The summed E-state index contributed by atoms with van der Waals surface area (Å²) in [5.41, 5.74) is 1.35. The Bertz CT molecular complexity index is 478. The minimum Gasteiger partial charge on any atom is -0.478 e. The summed E-state index contributed by atoms with van der Waals surface area (Å²) in [6.07, 6.45) is 6.06. The Labute approximate surface area is 111 Å². The summed E-state index contributed by atoms with van der Waals surface area (Å²) < 4.78 is 18.7. The van der Waals surface area contributed by atoms with Gasteiger partial charge in [0.2, 0.25) is 0 Å². The van der Waals surface area contributed by atoms with Crippen molar-refractivity contribution in [1.82, 2.24) is 0 Å². The van der Waals surface area contributed by atoms with Crippen LogP contribution in [-0.2, 0) is 16.1 Å². The van der Waals surface area contributed by atoms with Gasteiger partial charge in [-0.15, -0.1) is 0 Å². The van der Waals surface area contributed by atoms with E-state index >= 15 is 0 Å². The van der Waals surface area contributed by atoms with E-state index in [1.807, 2.05) is 0 Å². The molecule has 0 radical (unpaired) electrons. The highest BCUT2D eigenvalue weighted by Gasteiger charge is 2.20. The van der Waals surface area contributed by atoms with E-state index in [0.717, 1.165) is 24.0 Å². The van der Waals surface area contributed by atoms with E-state index < -0.39 is 5.97 Å². The van der Waals surface area contributed by atoms with Crippen molar-refractivity contribution in [1.29, 1.82) is 0 Å². The second kappa shape index (κ2) is 6.48. The number of rotatable bonds is 7. The molecule has 1 aromatic carbocycles. The van der Waals surface area contributed by atoms with Crippen molar-refractivity contribution in [2.75, 3.05) is 6.61 Å². The molecule has 2 rings (SSSR count). The van der Waals surface area contributed by atoms with Crippen LogP contribution in [0.3, 0.4) is 0 Å². The molecule has 19 heavy (non-hydrogen) atoms. The van der Waals surface area contributed by atoms with E-state index in [4.69, 9.17) is 9.84 Å². The summed E-state index contributed by atoms with van der Waals surface area (Å²) in [4.78, 5) is 10.5. The maximum absolute atomic E-state index is 13.2. The van der Waals surface area contributed by atoms with Gasteiger partial charge in [-0.05, 0) is 41.7 Å². The number of carboxylic acid groups (broad SMARTS) is 1. The monoisotopic (exact) mass is 264 g/mol. The molecule has 0 saturated heterocycles. The lowest BCUT2D eigenvalue weighted by atomic mass is 10.1. The summed E-state index contributed by atoms with van der Waals surface area (Å²) in [6, 6.07) is 4.31. The first-order valence-corrected chi connectivity index (χ1v) is 6.42. The molecule has 1 N–H and O–H groups in total. The van der Waals surface area contributed by atoms with Gasteiger partial charge in [0.1, 0.15) is 5.82 Å². The summed E-state index contributed by atoms with van der Waals surface area (Å²) in [5.74, 6) is -0.615. The predicted octanol–water partition coefficient (Wildman–Crippen LogP) is 3.24. The highest BCUT2D eigenvalue weighted by atomic mass is 19.1. The minimum absolute atomic E-state index is 0.381. The Kier molecular flexibility index (Phi) is 4.68. The third kappa shape index (κ3) is 4.83. The van der Waals surface area contributed by atoms with E-state index in [9.17, 15) is 9.18 Å². The van der Waals surface area contributed by atoms with Crippen molar-refractivity contribution in [2.24, 2.45) is 5.92 Å². The lowest BCUT2D eigenvalue weighted by Crippen LogP contribution is -1.99. The number of aliphatic carboxylic acids is 1. The Hall–Kier alpha value is -1.68. The molecule has 0 heterocycles. The highest BCUT2D eigenvalue weighted by Crippen LogP contribution is 2.32. The zero-order valence-corrected chi connectivity index (χ0v) is 10.6. The quantitative estimate of drug-likeness (QED) is 0.607. The predicted molar refractivity (Wildman–Crippen MR) is 70.1 cm³/mol. The van der Waals surface area contributed by atoms with Gasteiger partial charge in [-0.25, -0.2) is 9.18 Å². The van der Waals surface area contributed by atoms with Crippen LogP contribution < -0.4 is 0 Å². The zero-order chi connectivity index (χ0) is 13.7. The number of ether oxygens (including phenoxy) is 1. The normalized spacial score (nSPS) is 15.0. The number of halogens is 1. The van der Waals surface area contributed by atoms with Crippen molar-refractivity contribution in [3.05, 3.63) is 41.2 Å². The van der Waals surface area contributed by atoms with Crippen LogP contribution in [0.1, 0.15) is 30.4 Å². The lowest BCUT2D eigenvalue weighted by Gasteiger charge is -2.07. The summed E-state index contributed by atoms with van der Waals surface area (Å²) in [5, 5.41) is 8.61. The lowest BCUT2D eigenvalue weighted by molar-refractivity contribution is -0.131. The maximum atomic E-state index is 13.2. The van der Waals surface area contributed by atoms with Crippen molar-refractivity contribution in [3.63, 3.8) is 0 Å². The van der Waals surface area contributed by atoms with Crippen LogP contribution in [0.4, 0.5) is 4.39 Å². The van der Waals surface area contributed by atoms with Crippen molar-refractivity contribution >= 4 is 12.0 Å². The van der Waals surface area contributed by atoms with E-state index in [0.29, 0.717) is 18.8 Å². The molecular weight excluding hydrogens is 247 g/mol. The molecule has 1 aromatic rings. The van der Waals surface area contributed by atoms with Gasteiger partial charge in [0.05, 0.1) is 6.61 Å². The number of benzene rings is 1. The fourth-order valence-corrected chi connectivity index (χ4v) is 1.85. The Balaban J connectivity index is 1.94. The number of carboxylic acids is 1. The van der Waals surface area contributed by atoms with Crippen LogP contribution >= 0.6 is 0 Å². The van der Waals surface area contributed by atoms with Gasteiger partial charge in [-0.3, -0.25) is 0 Å². The first-order valence-electron chi connectivity index (χ1n) is 6.42. The molecule has 1 aliphatic carbocycles. The van der Waals surface area contributed by atoms with E-state index in [1.165, 1.54) is 31.1 Å². The van der Waals surface area contributed by atoms with Crippen LogP contribution in [0.15, 0.2) is 24.3 Å². The van der Waals surface area contributed by atoms with Gasteiger partial charge in [0, 0.05) is 12.7 Å². The molecule has 1 fully saturated rings. The van der Waals surface area contributed by atoms with E-state index in [-0.39, 0.29) is 5.82 Å². The number of hydrogen-bond acceptors (Lipinski definition) is 2. The fourth-order valence-electron chi connectivity index (χ4n) is 1.85. The molecule has 102 valence electrons. The second-order valence-corrected chi connectivity index (χ2v) is 4.80. The molecule has 0 unspecified atom stereocenters. The molecular formula is C15H17FO3. The summed E-state index contributed by atoms with van der Waals surface area (Å²) in [7, 11) is 0. The fraction of sp³-hybridized carbons (Fsp3) is 0.400. The number of hydrogen-bond donors (Lipinski definition) is 1. The van der Waals surface area contributed by atoms with E-state index in [2.05, 4.69) is 0 Å². The Morgan fingerprint density at radius 3 is 2.95 bits per heavy atom. The third-order valence-corrected chi connectivity index (χ3v) is 3.14. The van der Waals surface area contributed by atoms with Crippen LogP contribution in [-0.4, -0.2) is 17.7 Å². The molecule has 3 nitrogen and oxygen atoms in total. The van der Waals surface area contributed by atoms with Gasteiger partial charge in [0.15, 0.2) is 0 Å². The average Bonchev–Trinajstić information content (AvgIpc) is 3.18. The SMILES string of the molecule is O=C(O)/C=C/c1cc(F)ccc1COCCC1CC1. The van der Waals surface area contributed by atoms with Gasteiger partial charge < -0.3 is 9.84 Å². The first kappa shape index (κ1) is 13.7. The Morgan fingerprint density at radius 1 is 1.47 bits per heavy atom. The molecule has 0 spiro atoms. The van der Waals surface area contributed by atoms with Gasteiger partial charge in [0.25, 0.3) is 0 Å². The molecule has 0 amide bonds. The molecule has 0 aliphatic heterocycles. The largest absolute Gasteiger partial charge is 0.478 e. The molecule has 1 aliphatic rings. The standard InChI is InChI=1S/C15H17FO3/c16-14-5-3-13(10-19-8-7-11-1-2-11)12(9-14)4-6-15(17)18/h3-6,9,11H,1-2,7-8,10H2,(H,17,18)/b6-4+. The molecule has 0 atom stereocenters. The maximum Gasteiger partial charge on any atom is 0.328 e. The van der Waals surface area contributed by atoms with Crippen molar-refractivity contribution < 1.29 is 19.0 Å². The highest BCUT2D eigenvalue weighted by molar-refractivity contribution is 5.85. The molecule has 0 bridgehead atoms. The average molecular weight is 264 g/mol. The molecule has 1 saturated carbocycles. The first-order chi connectivity index (χ1) is 9.15. The topological polar surface area (TPSA) is 46.5 Å². The van der Waals surface area contributed by atoms with Crippen LogP contribution in [0.25, 0.3) is 6.08 Å². The van der Waals surface area contributed by atoms with Gasteiger partial charge >= 0.3 is 5.97 Å². The van der Waals surface area contributed by atoms with Gasteiger partial charge in [-0.1, -0.05) is 18.9 Å². The third-order valence-electron chi connectivity index (χ3n) is 3.14. The summed E-state index contributed by atoms with van der Waals surface area (Å²) >= 11 is 0. The zero-order valence-electron chi connectivity index (χ0n) is 10.6. The second-order valence-electron chi connectivity index (χ2n) is 4.80. The van der Waals surface area contributed by atoms with Crippen LogP contribution in [0, 0.1) is 11.7 Å². The smallest absolute Gasteiger partial charge is 0.328 e. The number of carbonyl (C=O) groups is 1. The summed E-state index contributed by atoms with van der Waals surface area (Å²) in [6.45, 7) is 1.08. The molecule has 0 aromatic heterocycles. The van der Waals surface area contributed by atoms with Crippen molar-refractivity contribution in [2.45, 2.75) is 25.9 Å². The van der Waals surface area contributed by atoms with Crippen molar-refractivity contribution in [3.8, 4) is 0 Å². The minimum atomic E-state index is -1.05.